The van der Waals surface area contributed by atoms with Crippen LogP contribution in [0.5, 0.6) is 0 Å². The molecule has 2 unspecified atom stereocenters. The highest BCUT2D eigenvalue weighted by atomic mass is 16.5. The highest BCUT2D eigenvalue weighted by Gasteiger charge is 2.18. The van der Waals surface area contributed by atoms with Crippen LogP contribution >= 0.6 is 0 Å². The van der Waals surface area contributed by atoms with Gasteiger partial charge in [0.05, 0.1) is 25.4 Å². The van der Waals surface area contributed by atoms with Crippen LogP contribution in [0.1, 0.15) is 361 Å². The molecule has 0 heterocycles. The van der Waals surface area contributed by atoms with E-state index in [1.807, 2.05) is 6.08 Å². The number of amides is 1. The van der Waals surface area contributed by atoms with Crippen molar-refractivity contribution in [2.24, 2.45) is 0 Å². The van der Waals surface area contributed by atoms with Gasteiger partial charge in [-0.2, -0.15) is 0 Å². The van der Waals surface area contributed by atoms with E-state index < -0.39 is 12.1 Å². The first-order valence-electron chi connectivity index (χ1n) is 33.3. The maximum atomic E-state index is 12.4. The molecule has 0 bridgehead atoms. The number of aliphatic hydroxyl groups excluding tert-OH is 2. The third-order valence-corrected chi connectivity index (χ3v) is 15.4. The van der Waals surface area contributed by atoms with Crippen molar-refractivity contribution in [2.75, 3.05) is 13.2 Å². The molecule has 0 saturated heterocycles. The van der Waals surface area contributed by atoms with Crippen LogP contribution < -0.4 is 5.32 Å². The van der Waals surface area contributed by atoms with Gasteiger partial charge in [-0.25, -0.2) is 0 Å². The molecule has 0 rings (SSSR count). The number of rotatable bonds is 62. The average Bonchev–Trinajstić information content (AvgIpc) is 3.40. The summed E-state index contributed by atoms with van der Waals surface area (Å²) in [5, 5.41) is 23.0. The van der Waals surface area contributed by atoms with Crippen LogP contribution in [0, 0.1) is 0 Å². The third kappa shape index (κ3) is 59.3. The summed E-state index contributed by atoms with van der Waals surface area (Å²) in [6.45, 7) is 4.90. The fourth-order valence-corrected chi connectivity index (χ4v) is 10.3. The van der Waals surface area contributed by atoms with Crippen LogP contribution in [-0.2, 0) is 14.3 Å². The summed E-state index contributed by atoms with van der Waals surface area (Å²) in [5.74, 6) is -0.0539. The molecule has 2 atom stereocenters. The lowest BCUT2D eigenvalue weighted by Gasteiger charge is -2.20. The second kappa shape index (κ2) is 63.6. The lowest BCUT2D eigenvalue weighted by Crippen LogP contribution is -2.45. The quantitative estimate of drug-likeness (QED) is 0.0320. The smallest absolute Gasteiger partial charge is 0.305 e. The Morgan fingerprint density at radius 2 is 0.635 bits per heavy atom. The number of allylic oxidation sites excluding steroid dienone is 5. The van der Waals surface area contributed by atoms with Gasteiger partial charge in [-0.1, -0.05) is 301 Å². The summed E-state index contributed by atoms with van der Waals surface area (Å²) in [6, 6.07) is -0.626. The van der Waals surface area contributed by atoms with Gasteiger partial charge in [0.15, 0.2) is 0 Å². The van der Waals surface area contributed by atoms with Crippen molar-refractivity contribution in [1.82, 2.24) is 5.32 Å². The molecule has 0 radical (unpaired) electrons. The highest BCUT2D eigenvalue weighted by Crippen LogP contribution is 2.17. The van der Waals surface area contributed by atoms with Gasteiger partial charge in [0.25, 0.3) is 0 Å². The van der Waals surface area contributed by atoms with E-state index in [4.69, 9.17) is 4.74 Å². The second-order valence-corrected chi connectivity index (χ2v) is 22.8. The van der Waals surface area contributed by atoms with Crippen LogP contribution in [0.3, 0.4) is 0 Å². The van der Waals surface area contributed by atoms with Crippen molar-refractivity contribution in [2.45, 2.75) is 373 Å². The molecule has 0 aliphatic carbocycles. The van der Waals surface area contributed by atoms with Gasteiger partial charge in [0.1, 0.15) is 0 Å². The Balaban J connectivity index is 3.35. The normalized spacial score (nSPS) is 12.8. The number of carbonyl (C=O) groups excluding carboxylic acids is 2. The number of nitrogens with one attached hydrogen (secondary N) is 1. The Hall–Kier alpha value is -1.92. The topological polar surface area (TPSA) is 95.9 Å². The van der Waals surface area contributed by atoms with Gasteiger partial charge in [-0.15, -0.1) is 0 Å². The van der Waals surface area contributed by atoms with Gasteiger partial charge in [-0.3, -0.25) is 9.59 Å². The highest BCUT2D eigenvalue weighted by molar-refractivity contribution is 5.76. The largest absolute Gasteiger partial charge is 0.466 e. The molecule has 0 aliphatic heterocycles. The molecule has 0 saturated carbocycles. The minimum absolute atomic E-state index is 0.0152. The Kier molecular flexibility index (Phi) is 62.0. The summed E-state index contributed by atoms with van der Waals surface area (Å²) < 4.78 is 5.51. The van der Waals surface area contributed by atoms with Gasteiger partial charge in [-0.05, 0) is 83.5 Å². The fraction of sp³-hybridized carbons (Fsp3) is 0.882. The molecule has 6 heteroatoms. The summed E-state index contributed by atoms with van der Waals surface area (Å²) >= 11 is 0. The first kappa shape index (κ1) is 72.1. The maximum Gasteiger partial charge on any atom is 0.305 e. The van der Waals surface area contributed by atoms with Gasteiger partial charge in [0, 0.05) is 12.8 Å². The van der Waals surface area contributed by atoms with Crippen LogP contribution in [-0.4, -0.2) is 47.4 Å². The van der Waals surface area contributed by atoms with E-state index in [1.165, 1.54) is 295 Å². The summed E-state index contributed by atoms with van der Waals surface area (Å²) in [7, 11) is 0. The summed E-state index contributed by atoms with van der Waals surface area (Å²) in [4.78, 5) is 24.5. The minimum Gasteiger partial charge on any atom is -0.466 e. The number of aliphatic hydroxyl groups is 2. The fourth-order valence-electron chi connectivity index (χ4n) is 10.3. The van der Waals surface area contributed by atoms with E-state index in [9.17, 15) is 19.8 Å². The lowest BCUT2D eigenvalue weighted by molar-refractivity contribution is -0.143. The monoisotopic (exact) mass is 1040 g/mol. The standard InChI is InChI=1S/C68H129NO5/c1-3-5-7-9-11-13-15-16-17-18-29-33-36-39-42-46-50-54-58-62-68(73)74-63-59-55-51-47-43-40-37-34-31-28-26-24-22-20-19-21-23-25-27-30-32-35-38-41-45-49-53-57-61-67(72)69-65(64-70)66(71)60-56-52-48-44-14-12-10-8-6-4-2/h16-17,19-20,56,60,65-66,70-71H,3-15,18,21-55,57-59,61-64H2,1-2H3,(H,69,72)/b17-16-,20-19-,60-56+. The Morgan fingerprint density at radius 3 is 0.959 bits per heavy atom. The number of carbonyl (C=O) groups is 2. The van der Waals surface area contributed by atoms with E-state index in [1.54, 1.807) is 6.08 Å². The molecule has 0 spiro atoms. The van der Waals surface area contributed by atoms with E-state index in [-0.39, 0.29) is 18.5 Å². The van der Waals surface area contributed by atoms with Crippen LogP contribution in [0.15, 0.2) is 36.5 Å². The van der Waals surface area contributed by atoms with E-state index >= 15 is 0 Å². The maximum absolute atomic E-state index is 12.4. The van der Waals surface area contributed by atoms with Crippen molar-refractivity contribution in [3.05, 3.63) is 36.5 Å². The number of hydrogen-bond acceptors (Lipinski definition) is 5. The number of ether oxygens (including phenoxy) is 1. The number of esters is 1. The molecule has 0 fully saturated rings. The predicted octanol–water partition coefficient (Wildman–Crippen LogP) is 21.1. The molecule has 0 aromatic carbocycles. The van der Waals surface area contributed by atoms with Crippen molar-refractivity contribution >= 4 is 11.9 Å². The van der Waals surface area contributed by atoms with Crippen LogP contribution in [0.25, 0.3) is 0 Å². The second-order valence-electron chi connectivity index (χ2n) is 22.8. The minimum atomic E-state index is -0.842. The first-order valence-corrected chi connectivity index (χ1v) is 33.3. The molecular formula is C68H129NO5. The zero-order valence-electron chi connectivity index (χ0n) is 49.8. The first-order chi connectivity index (χ1) is 36.5. The molecule has 0 aliphatic rings. The molecule has 3 N–H and O–H groups in total. The van der Waals surface area contributed by atoms with Crippen molar-refractivity contribution < 1.29 is 24.5 Å². The van der Waals surface area contributed by atoms with E-state index in [0.29, 0.717) is 19.4 Å². The Labute approximate surface area is 462 Å². The Morgan fingerprint density at radius 1 is 0.365 bits per heavy atom. The zero-order chi connectivity index (χ0) is 53.6. The van der Waals surface area contributed by atoms with Gasteiger partial charge in [0.2, 0.25) is 5.91 Å². The lowest BCUT2D eigenvalue weighted by atomic mass is 10.0. The van der Waals surface area contributed by atoms with E-state index in [2.05, 4.69) is 43.5 Å². The Bertz CT molecular complexity index is 1200. The summed E-state index contributed by atoms with van der Waals surface area (Å²) in [6.07, 6.45) is 80.8. The van der Waals surface area contributed by atoms with Crippen LogP contribution in [0.4, 0.5) is 0 Å². The van der Waals surface area contributed by atoms with E-state index in [0.717, 1.165) is 38.5 Å². The van der Waals surface area contributed by atoms with Crippen molar-refractivity contribution in [3.8, 4) is 0 Å². The third-order valence-electron chi connectivity index (χ3n) is 15.4. The molecule has 1 amide bonds. The average molecular weight is 1040 g/mol. The zero-order valence-corrected chi connectivity index (χ0v) is 49.8. The number of hydrogen-bond donors (Lipinski definition) is 3. The SMILES string of the molecule is CCCCCCCC/C=C\CCCCCCCCCCCC(=O)OCCCCCCCCCCCCCC/C=C\CCCCCCCCCCCCCCC(=O)NC(CO)C(O)/C=C/CCCCCCCCCC. The van der Waals surface area contributed by atoms with Crippen LogP contribution in [0.2, 0.25) is 0 Å². The predicted molar refractivity (Wildman–Crippen MR) is 324 cm³/mol. The summed E-state index contributed by atoms with van der Waals surface area (Å²) in [5.41, 5.74) is 0. The molecule has 74 heavy (non-hydrogen) atoms. The molecule has 6 nitrogen and oxygen atoms in total. The number of unbranched alkanes of at least 4 members (excludes halogenated alkanes) is 47. The van der Waals surface area contributed by atoms with Gasteiger partial charge >= 0.3 is 5.97 Å². The molecule has 436 valence electrons. The van der Waals surface area contributed by atoms with Crippen molar-refractivity contribution in [1.29, 1.82) is 0 Å². The molecule has 0 aromatic rings. The van der Waals surface area contributed by atoms with Crippen molar-refractivity contribution in [3.63, 3.8) is 0 Å². The molecule has 0 aromatic heterocycles. The molecular weight excluding hydrogens is 911 g/mol. The van der Waals surface area contributed by atoms with Gasteiger partial charge < -0.3 is 20.3 Å².